The molecular formula is C6H8N2O2. The molecule has 0 radical (unpaired) electrons. The van der Waals surface area contributed by atoms with Crippen molar-refractivity contribution >= 4 is 17.9 Å². The quantitative estimate of drug-likeness (QED) is 0.398. The zero-order valence-corrected chi connectivity index (χ0v) is 5.51. The Kier molecular flexibility index (Phi) is 3.04. The predicted octanol–water partition coefficient (Wildman–Crippen LogP) is 0.687. The minimum absolute atomic E-state index is 0.126. The van der Waals surface area contributed by atoms with Gasteiger partial charge in [0, 0.05) is 11.9 Å². The molecular weight excluding hydrogens is 132 g/mol. The van der Waals surface area contributed by atoms with Gasteiger partial charge in [0.1, 0.15) is 0 Å². The lowest BCUT2D eigenvalue weighted by Gasteiger charge is -1.89. The van der Waals surface area contributed by atoms with E-state index < -0.39 is 5.97 Å². The summed E-state index contributed by atoms with van der Waals surface area (Å²) in [7, 11) is 0. The van der Waals surface area contributed by atoms with Crippen molar-refractivity contribution in [3.8, 4) is 0 Å². The summed E-state index contributed by atoms with van der Waals surface area (Å²) >= 11 is 0. The van der Waals surface area contributed by atoms with Crippen LogP contribution < -0.4 is 0 Å². The van der Waals surface area contributed by atoms with Crippen LogP contribution in [0.25, 0.3) is 0 Å². The van der Waals surface area contributed by atoms with E-state index in [4.69, 9.17) is 15.9 Å². The minimum atomic E-state index is -1.18. The second-order valence-electron chi connectivity index (χ2n) is 1.73. The molecule has 4 nitrogen and oxygen atoms in total. The smallest absolute Gasteiger partial charge is 0.337 e. The third kappa shape index (κ3) is 2.76. The number of hydrogen-bond acceptors (Lipinski definition) is 3. The lowest BCUT2D eigenvalue weighted by atomic mass is 10.2. The monoisotopic (exact) mass is 140 g/mol. The molecule has 0 aliphatic heterocycles. The number of carboxylic acids is 1. The first-order valence-corrected chi connectivity index (χ1v) is 2.58. The number of rotatable bonds is 3. The summed E-state index contributed by atoms with van der Waals surface area (Å²) in [5, 5.41) is 21.8. The normalized spacial score (nSPS) is 10.7. The van der Waals surface area contributed by atoms with Crippen molar-refractivity contribution in [2.24, 2.45) is 0 Å². The molecule has 0 bridgehead atoms. The summed E-state index contributed by atoms with van der Waals surface area (Å²) in [4.78, 5) is 10.1. The van der Waals surface area contributed by atoms with Gasteiger partial charge in [0.05, 0.1) is 5.57 Å². The highest BCUT2D eigenvalue weighted by Crippen LogP contribution is 1.89. The Balaban J connectivity index is 4.49. The first-order valence-electron chi connectivity index (χ1n) is 2.58. The molecule has 0 saturated heterocycles. The zero-order chi connectivity index (χ0) is 8.15. The van der Waals surface area contributed by atoms with E-state index in [1.165, 1.54) is 6.92 Å². The third-order valence-corrected chi connectivity index (χ3v) is 0.774. The van der Waals surface area contributed by atoms with Gasteiger partial charge in [-0.3, -0.25) is 0 Å². The van der Waals surface area contributed by atoms with Gasteiger partial charge in [0.2, 0.25) is 0 Å². The average Bonchev–Trinajstić information content (AvgIpc) is 1.81. The lowest BCUT2D eigenvalue weighted by molar-refractivity contribution is -0.132. The molecule has 0 aromatic heterocycles. The van der Waals surface area contributed by atoms with Crippen molar-refractivity contribution in [1.29, 1.82) is 10.8 Å². The van der Waals surface area contributed by atoms with Crippen LogP contribution in [-0.2, 0) is 4.79 Å². The summed E-state index contributed by atoms with van der Waals surface area (Å²) in [5.41, 5.74) is -0.0478. The van der Waals surface area contributed by atoms with Crippen LogP contribution in [-0.4, -0.2) is 23.0 Å². The Morgan fingerprint density at radius 1 is 1.60 bits per heavy atom. The molecule has 0 heterocycles. The molecule has 10 heavy (non-hydrogen) atoms. The van der Waals surface area contributed by atoms with Crippen molar-refractivity contribution in [3.63, 3.8) is 0 Å². The molecule has 0 rings (SSSR count). The molecule has 0 unspecified atom stereocenters. The topological polar surface area (TPSA) is 85.0 Å². The Morgan fingerprint density at radius 2 is 2.10 bits per heavy atom. The maximum atomic E-state index is 10.1. The third-order valence-electron chi connectivity index (χ3n) is 0.774. The van der Waals surface area contributed by atoms with E-state index in [0.29, 0.717) is 6.21 Å². The molecule has 4 heteroatoms. The van der Waals surface area contributed by atoms with Crippen LogP contribution in [0.5, 0.6) is 0 Å². The Bertz CT molecular complexity index is 206. The molecule has 0 aliphatic rings. The van der Waals surface area contributed by atoms with Gasteiger partial charge in [0.15, 0.2) is 0 Å². The molecule has 0 aliphatic carbocycles. The largest absolute Gasteiger partial charge is 0.478 e. The van der Waals surface area contributed by atoms with E-state index >= 15 is 0 Å². The fraction of sp³-hybridized carbons (Fsp3) is 0.167. The molecule has 54 valence electrons. The van der Waals surface area contributed by atoms with Gasteiger partial charge in [-0.05, 0) is 13.0 Å². The Labute approximate surface area is 58.2 Å². The van der Waals surface area contributed by atoms with Crippen LogP contribution in [0.4, 0.5) is 0 Å². The SMILES string of the molecule is CC(=N)/C=C(\C=N)C(=O)O. The average molecular weight is 140 g/mol. The maximum Gasteiger partial charge on any atom is 0.337 e. The molecule has 0 aromatic rings. The summed E-state index contributed by atoms with van der Waals surface area (Å²) in [6.07, 6.45) is 1.83. The number of aliphatic carboxylic acids is 1. The van der Waals surface area contributed by atoms with E-state index in [2.05, 4.69) is 0 Å². The van der Waals surface area contributed by atoms with Crippen LogP contribution in [0.3, 0.4) is 0 Å². The molecule has 0 saturated carbocycles. The van der Waals surface area contributed by atoms with Crippen LogP contribution in [0.1, 0.15) is 6.92 Å². The van der Waals surface area contributed by atoms with E-state index in [1.54, 1.807) is 0 Å². The molecule has 0 fully saturated rings. The number of nitrogens with one attached hydrogen (secondary N) is 2. The molecule has 0 atom stereocenters. The highest BCUT2D eigenvalue weighted by molar-refractivity contribution is 6.12. The number of carbonyl (C=O) groups is 1. The predicted molar refractivity (Wildman–Crippen MR) is 37.9 cm³/mol. The van der Waals surface area contributed by atoms with Gasteiger partial charge in [-0.2, -0.15) is 0 Å². The van der Waals surface area contributed by atoms with Crippen LogP contribution >= 0.6 is 0 Å². The van der Waals surface area contributed by atoms with Gasteiger partial charge in [-0.25, -0.2) is 4.79 Å². The van der Waals surface area contributed by atoms with Gasteiger partial charge in [-0.1, -0.05) is 0 Å². The van der Waals surface area contributed by atoms with Gasteiger partial charge < -0.3 is 15.9 Å². The van der Waals surface area contributed by atoms with Crippen LogP contribution in [0.15, 0.2) is 11.6 Å². The van der Waals surface area contributed by atoms with E-state index in [-0.39, 0.29) is 11.3 Å². The van der Waals surface area contributed by atoms with Crippen molar-refractivity contribution < 1.29 is 9.90 Å². The maximum absolute atomic E-state index is 10.1. The fourth-order valence-corrected chi connectivity index (χ4v) is 0.398. The molecule has 0 spiro atoms. The van der Waals surface area contributed by atoms with Crippen molar-refractivity contribution in [2.75, 3.05) is 0 Å². The Morgan fingerprint density at radius 3 is 2.20 bits per heavy atom. The van der Waals surface area contributed by atoms with E-state index in [9.17, 15) is 4.79 Å². The molecule has 0 aromatic carbocycles. The van der Waals surface area contributed by atoms with Crippen molar-refractivity contribution in [3.05, 3.63) is 11.6 Å². The Hall–Kier alpha value is -1.45. The van der Waals surface area contributed by atoms with Crippen LogP contribution in [0.2, 0.25) is 0 Å². The first-order chi connectivity index (χ1) is 4.57. The van der Waals surface area contributed by atoms with Gasteiger partial charge in [0.25, 0.3) is 0 Å². The van der Waals surface area contributed by atoms with Crippen molar-refractivity contribution in [1.82, 2.24) is 0 Å². The van der Waals surface area contributed by atoms with Crippen LogP contribution in [0, 0.1) is 10.8 Å². The molecule has 3 N–H and O–H groups in total. The second-order valence-corrected chi connectivity index (χ2v) is 1.73. The van der Waals surface area contributed by atoms with Crippen molar-refractivity contribution in [2.45, 2.75) is 6.92 Å². The minimum Gasteiger partial charge on any atom is -0.478 e. The fourth-order valence-electron chi connectivity index (χ4n) is 0.398. The van der Waals surface area contributed by atoms with E-state index in [1.807, 2.05) is 0 Å². The summed E-state index contributed by atoms with van der Waals surface area (Å²) in [6, 6.07) is 0. The summed E-state index contributed by atoms with van der Waals surface area (Å²) < 4.78 is 0. The first kappa shape index (κ1) is 8.55. The molecule has 0 amide bonds. The number of hydrogen-bond donors (Lipinski definition) is 3. The van der Waals surface area contributed by atoms with Gasteiger partial charge >= 0.3 is 5.97 Å². The zero-order valence-electron chi connectivity index (χ0n) is 5.51. The summed E-state index contributed by atoms with van der Waals surface area (Å²) in [5.74, 6) is -1.18. The van der Waals surface area contributed by atoms with Gasteiger partial charge in [-0.15, -0.1) is 0 Å². The van der Waals surface area contributed by atoms with E-state index in [0.717, 1.165) is 6.08 Å². The lowest BCUT2D eigenvalue weighted by Crippen LogP contribution is -2.02. The second kappa shape index (κ2) is 3.55. The highest BCUT2D eigenvalue weighted by atomic mass is 16.4. The standard InChI is InChI=1S/C6H8N2O2/c1-4(8)2-5(3-7)6(9)10/h2-3,7-8H,1H3,(H,9,10)/b5-2+,7-3?,8-4?. The number of allylic oxidation sites excluding steroid dienone is 1. The highest BCUT2D eigenvalue weighted by Gasteiger charge is 2.01. The number of carboxylic acid groups (broad SMARTS) is 1. The summed E-state index contributed by atoms with van der Waals surface area (Å²) in [6.45, 7) is 1.45.